The van der Waals surface area contributed by atoms with Crippen molar-refractivity contribution in [1.82, 2.24) is 0 Å². The van der Waals surface area contributed by atoms with Crippen LogP contribution >= 0.6 is 0 Å². The lowest BCUT2D eigenvalue weighted by Gasteiger charge is -2.05. The Morgan fingerprint density at radius 1 is 0.875 bits per heavy atom. The normalized spacial score (nSPS) is 14.8. The standard InChI is InChI=1S/C26H20N2O4/c1-2-31-21-15-13-18(14-16-21)23-17-22(26(30)32-23)27-28-24(19-9-5-3-6-10-19)25(29)20-11-7-4-8-12-20/h3-17H,2H2,1H3/b27-22+,28-24-. The third kappa shape index (κ3) is 4.70. The van der Waals surface area contributed by atoms with Crippen LogP contribution in [-0.2, 0) is 9.53 Å². The summed E-state index contributed by atoms with van der Waals surface area (Å²) in [5.41, 5.74) is 1.95. The minimum Gasteiger partial charge on any atom is -0.494 e. The maximum atomic E-state index is 13.1. The number of rotatable bonds is 7. The molecule has 0 amide bonds. The summed E-state index contributed by atoms with van der Waals surface area (Å²) in [5.74, 6) is 0.176. The Balaban J connectivity index is 1.66. The van der Waals surface area contributed by atoms with Gasteiger partial charge in [0, 0.05) is 22.8 Å². The molecule has 6 heteroatoms. The van der Waals surface area contributed by atoms with E-state index in [9.17, 15) is 9.59 Å². The maximum absolute atomic E-state index is 13.1. The molecule has 0 aliphatic carbocycles. The molecule has 1 aliphatic rings. The molecule has 0 saturated carbocycles. The molecule has 0 saturated heterocycles. The van der Waals surface area contributed by atoms with Gasteiger partial charge in [-0.1, -0.05) is 60.7 Å². The van der Waals surface area contributed by atoms with Crippen molar-refractivity contribution in [3.8, 4) is 5.75 Å². The van der Waals surface area contributed by atoms with Gasteiger partial charge in [-0.15, -0.1) is 10.2 Å². The Hall–Kier alpha value is -4.32. The number of benzene rings is 3. The van der Waals surface area contributed by atoms with Gasteiger partial charge in [-0.3, -0.25) is 4.79 Å². The topological polar surface area (TPSA) is 77.3 Å². The second-order valence-corrected chi connectivity index (χ2v) is 6.85. The van der Waals surface area contributed by atoms with Gasteiger partial charge >= 0.3 is 5.97 Å². The number of carbonyl (C=O) groups excluding carboxylic acids is 2. The molecule has 32 heavy (non-hydrogen) atoms. The molecule has 0 fully saturated rings. The Morgan fingerprint density at radius 2 is 1.50 bits per heavy atom. The summed E-state index contributed by atoms with van der Waals surface area (Å²) in [6, 6.07) is 25.0. The minimum atomic E-state index is -0.628. The first-order chi connectivity index (χ1) is 15.7. The van der Waals surface area contributed by atoms with Crippen LogP contribution in [0.3, 0.4) is 0 Å². The van der Waals surface area contributed by atoms with Crippen molar-refractivity contribution in [1.29, 1.82) is 0 Å². The van der Waals surface area contributed by atoms with Gasteiger partial charge in [0.25, 0.3) is 0 Å². The van der Waals surface area contributed by atoms with E-state index in [0.717, 1.165) is 5.75 Å². The highest BCUT2D eigenvalue weighted by Crippen LogP contribution is 2.24. The van der Waals surface area contributed by atoms with Crippen LogP contribution in [0.1, 0.15) is 28.4 Å². The lowest BCUT2D eigenvalue weighted by atomic mass is 10.0. The lowest BCUT2D eigenvalue weighted by molar-refractivity contribution is -0.128. The number of nitrogens with zero attached hydrogens (tertiary/aromatic N) is 2. The molecular weight excluding hydrogens is 404 g/mol. The monoisotopic (exact) mass is 424 g/mol. The Bertz CT molecular complexity index is 1210. The van der Waals surface area contributed by atoms with Crippen LogP contribution < -0.4 is 4.74 Å². The highest BCUT2D eigenvalue weighted by molar-refractivity contribution is 6.52. The smallest absolute Gasteiger partial charge is 0.364 e. The number of esters is 1. The molecule has 0 unspecified atom stereocenters. The van der Waals surface area contributed by atoms with E-state index in [2.05, 4.69) is 10.2 Å². The number of ether oxygens (including phenoxy) is 2. The molecule has 1 heterocycles. The fourth-order valence-corrected chi connectivity index (χ4v) is 3.12. The maximum Gasteiger partial charge on any atom is 0.364 e. The predicted molar refractivity (Wildman–Crippen MR) is 123 cm³/mol. The molecule has 0 spiro atoms. The summed E-state index contributed by atoms with van der Waals surface area (Å²) in [4.78, 5) is 25.4. The van der Waals surface area contributed by atoms with Gasteiger partial charge in [0.05, 0.1) is 6.61 Å². The van der Waals surface area contributed by atoms with Crippen LogP contribution in [-0.4, -0.2) is 29.8 Å². The van der Waals surface area contributed by atoms with Crippen LogP contribution in [0.2, 0.25) is 0 Å². The molecule has 1 aliphatic heterocycles. The van der Waals surface area contributed by atoms with E-state index in [1.165, 1.54) is 6.08 Å². The molecule has 0 atom stereocenters. The quantitative estimate of drug-likeness (QED) is 0.238. The van der Waals surface area contributed by atoms with Crippen LogP contribution in [0, 0.1) is 0 Å². The van der Waals surface area contributed by atoms with Crippen molar-refractivity contribution in [3.63, 3.8) is 0 Å². The lowest BCUT2D eigenvalue weighted by Crippen LogP contribution is -2.16. The van der Waals surface area contributed by atoms with Crippen molar-refractivity contribution < 1.29 is 19.1 Å². The van der Waals surface area contributed by atoms with Crippen molar-refractivity contribution in [3.05, 3.63) is 108 Å². The number of cyclic esters (lactones) is 1. The zero-order valence-electron chi connectivity index (χ0n) is 17.4. The number of ketones is 1. The first kappa shape index (κ1) is 20.9. The number of hydrogen-bond donors (Lipinski definition) is 0. The van der Waals surface area contributed by atoms with Crippen molar-refractivity contribution in [2.45, 2.75) is 6.92 Å². The molecular formula is C26H20N2O4. The predicted octanol–water partition coefficient (Wildman–Crippen LogP) is 4.71. The molecule has 0 radical (unpaired) electrons. The molecule has 0 aromatic heterocycles. The van der Waals surface area contributed by atoms with Crippen molar-refractivity contribution in [2.75, 3.05) is 6.61 Å². The van der Waals surface area contributed by atoms with E-state index in [-0.39, 0.29) is 17.2 Å². The van der Waals surface area contributed by atoms with Crippen molar-refractivity contribution in [2.24, 2.45) is 10.2 Å². The Morgan fingerprint density at radius 3 is 2.12 bits per heavy atom. The second kappa shape index (κ2) is 9.66. The Labute approximate surface area is 185 Å². The molecule has 3 aromatic carbocycles. The summed E-state index contributed by atoms with van der Waals surface area (Å²) in [6.45, 7) is 2.47. The van der Waals surface area contributed by atoms with Crippen LogP contribution in [0.25, 0.3) is 5.76 Å². The number of Topliss-reactive ketones (excluding diaryl/α,β-unsaturated/α-hetero) is 1. The average Bonchev–Trinajstić information content (AvgIpc) is 3.21. The minimum absolute atomic E-state index is 0.0168. The van der Waals surface area contributed by atoms with E-state index in [1.807, 2.05) is 31.2 Å². The van der Waals surface area contributed by atoms with E-state index < -0.39 is 5.97 Å². The van der Waals surface area contributed by atoms with Gasteiger partial charge in [-0.2, -0.15) is 0 Å². The third-order valence-corrected chi connectivity index (χ3v) is 4.69. The van der Waals surface area contributed by atoms with E-state index in [0.29, 0.717) is 29.1 Å². The third-order valence-electron chi connectivity index (χ3n) is 4.69. The molecule has 6 nitrogen and oxygen atoms in total. The van der Waals surface area contributed by atoms with E-state index in [1.54, 1.807) is 60.7 Å². The number of carbonyl (C=O) groups is 2. The van der Waals surface area contributed by atoms with Gasteiger partial charge in [0.15, 0.2) is 5.71 Å². The van der Waals surface area contributed by atoms with Gasteiger partial charge < -0.3 is 9.47 Å². The zero-order chi connectivity index (χ0) is 22.3. The van der Waals surface area contributed by atoms with E-state index >= 15 is 0 Å². The largest absolute Gasteiger partial charge is 0.494 e. The SMILES string of the molecule is CCOc1ccc(C2=C/C(=N\N=C(/C(=O)c3ccccc3)c3ccccc3)C(=O)O2)cc1. The van der Waals surface area contributed by atoms with Crippen LogP contribution in [0.15, 0.2) is 101 Å². The van der Waals surface area contributed by atoms with Gasteiger partial charge in [-0.25, -0.2) is 4.79 Å². The van der Waals surface area contributed by atoms with Gasteiger partial charge in [-0.05, 0) is 31.2 Å². The van der Waals surface area contributed by atoms with Crippen LogP contribution in [0.5, 0.6) is 5.75 Å². The summed E-state index contributed by atoms with van der Waals surface area (Å²) >= 11 is 0. The molecule has 3 aromatic rings. The second-order valence-electron chi connectivity index (χ2n) is 6.85. The molecule has 158 valence electrons. The summed E-state index contributed by atoms with van der Waals surface area (Å²) in [6.07, 6.45) is 1.51. The van der Waals surface area contributed by atoms with E-state index in [4.69, 9.17) is 9.47 Å². The first-order valence-electron chi connectivity index (χ1n) is 10.1. The van der Waals surface area contributed by atoms with Crippen LogP contribution in [0.4, 0.5) is 0 Å². The first-order valence-corrected chi connectivity index (χ1v) is 10.1. The fraction of sp³-hybridized carbons (Fsp3) is 0.0769. The number of hydrogen-bond acceptors (Lipinski definition) is 6. The zero-order valence-corrected chi connectivity index (χ0v) is 17.4. The fourth-order valence-electron chi connectivity index (χ4n) is 3.12. The average molecular weight is 424 g/mol. The molecule has 0 bridgehead atoms. The van der Waals surface area contributed by atoms with Crippen molar-refractivity contribution >= 4 is 28.9 Å². The highest BCUT2D eigenvalue weighted by Gasteiger charge is 2.24. The summed E-state index contributed by atoms with van der Waals surface area (Å²) in [5, 5.41) is 8.22. The Kier molecular flexibility index (Phi) is 6.32. The highest BCUT2D eigenvalue weighted by atomic mass is 16.5. The summed E-state index contributed by atoms with van der Waals surface area (Å²) < 4.78 is 10.8. The van der Waals surface area contributed by atoms with Gasteiger partial charge in [0.2, 0.25) is 5.78 Å². The summed E-state index contributed by atoms with van der Waals surface area (Å²) in [7, 11) is 0. The van der Waals surface area contributed by atoms with Gasteiger partial charge in [0.1, 0.15) is 17.2 Å². The molecule has 0 N–H and O–H groups in total. The molecule has 4 rings (SSSR count).